The average Bonchev–Trinajstić information content (AvgIpc) is 3.34. The molecule has 0 spiro atoms. The van der Waals surface area contributed by atoms with E-state index in [4.69, 9.17) is 0 Å². The van der Waals surface area contributed by atoms with Gasteiger partial charge in [-0.2, -0.15) is 0 Å². The lowest BCUT2D eigenvalue weighted by Gasteiger charge is -2.31. The number of hydrogen-bond donors (Lipinski definition) is 1. The van der Waals surface area contributed by atoms with Crippen LogP contribution in [-0.2, 0) is 6.54 Å². The van der Waals surface area contributed by atoms with Crippen LogP contribution in [0.25, 0.3) is 0 Å². The molecule has 1 N–H and O–H groups in total. The highest BCUT2D eigenvalue weighted by atomic mass is 16.2. The second kappa shape index (κ2) is 6.93. The van der Waals surface area contributed by atoms with Gasteiger partial charge in [0.2, 0.25) is 0 Å². The van der Waals surface area contributed by atoms with Crippen molar-refractivity contribution in [1.82, 2.24) is 24.4 Å². The van der Waals surface area contributed by atoms with Crippen molar-refractivity contribution < 1.29 is 4.79 Å². The molecule has 0 saturated carbocycles. The van der Waals surface area contributed by atoms with E-state index in [-0.39, 0.29) is 5.91 Å². The highest BCUT2D eigenvalue weighted by molar-refractivity contribution is 5.92. The van der Waals surface area contributed by atoms with Crippen molar-refractivity contribution >= 4 is 5.91 Å². The predicted octanol–water partition coefficient (Wildman–Crippen LogP) is 2.67. The van der Waals surface area contributed by atoms with Crippen LogP contribution in [-0.4, -0.2) is 43.4 Å². The molecule has 1 amide bonds. The lowest BCUT2D eigenvalue weighted by atomic mass is 9.95. The molecule has 1 aliphatic heterocycles. The van der Waals surface area contributed by atoms with Crippen LogP contribution in [0.1, 0.15) is 40.6 Å². The number of likely N-dealkylation sites (tertiary alicyclic amines) is 1. The molecular weight excluding hydrogens is 314 g/mol. The number of nitrogens with one attached hydrogen (secondary N) is 1. The highest BCUT2D eigenvalue weighted by Crippen LogP contribution is 2.28. The van der Waals surface area contributed by atoms with Crippen molar-refractivity contribution in [3.8, 4) is 0 Å². The number of amides is 1. The van der Waals surface area contributed by atoms with E-state index in [2.05, 4.69) is 25.6 Å². The van der Waals surface area contributed by atoms with Crippen molar-refractivity contribution in [2.45, 2.75) is 25.3 Å². The Kier molecular flexibility index (Phi) is 4.33. The molecule has 0 aromatic carbocycles. The third-order valence-corrected chi connectivity index (χ3v) is 4.80. The van der Waals surface area contributed by atoms with Crippen LogP contribution in [0.2, 0.25) is 0 Å². The number of rotatable bonds is 4. The summed E-state index contributed by atoms with van der Waals surface area (Å²) in [6, 6.07) is 7.72. The molecule has 6 nitrogen and oxygen atoms in total. The Morgan fingerprint density at radius 3 is 2.80 bits per heavy atom. The average molecular weight is 335 g/mol. The minimum atomic E-state index is 0.0853. The second-order valence-corrected chi connectivity index (χ2v) is 6.42. The number of hydrogen-bond acceptors (Lipinski definition) is 3. The summed E-state index contributed by atoms with van der Waals surface area (Å²) in [6.45, 7) is 2.31. The number of H-pyrrole nitrogens is 1. The van der Waals surface area contributed by atoms with E-state index in [9.17, 15) is 4.79 Å². The summed E-state index contributed by atoms with van der Waals surface area (Å²) in [5.74, 6) is 1.58. The van der Waals surface area contributed by atoms with Crippen molar-refractivity contribution in [3.63, 3.8) is 0 Å². The normalized spacial score (nSPS) is 15.4. The molecule has 3 aromatic rings. The van der Waals surface area contributed by atoms with Gasteiger partial charge >= 0.3 is 0 Å². The molecule has 1 aliphatic rings. The summed E-state index contributed by atoms with van der Waals surface area (Å²) in [7, 11) is 0. The molecule has 1 saturated heterocycles. The summed E-state index contributed by atoms with van der Waals surface area (Å²) >= 11 is 0. The fourth-order valence-electron chi connectivity index (χ4n) is 3.48. The van der Waals surface area contributed by atoms with Crippen LogP contribution in [0.3, 0.4) is 0 Å². The third-order valence-electron chi connectivity index (χ3n) is 4.80. The first-order chi connectivity index (χ1) is 12.3. The number of aromatic amines is 1. The van der Waals surface area contributed by atoms with Gasteiger partial charge in [-0.1, -0.05) is 6.07 Å². The SMILES string of the molecule is O=C(c1ccc[nH]1)N1CCC(c2nccn2Cc2cccnc2)CC1. The van der Waals surface area contributed by atoms with Crippen LogP contribution in [0, 0.1) is 0 Å². The topological polar surface area (TPSA) is 66.8 Å². The molecule has 25 heavy (non-hydrogen) atoms. The number of pyridine rings is 1. The molecule has 0 unspecified atom stereocenters. The largest absolute Gasteiger partial charge is 0.357 e. The molecule has 0 atom stereocenters. The Labute approximate surface area is 146 Å². The van der Waals surface area contributed by atoms with Gasteiger partial charge in [0, 0.05) is 50.0 Å². The van der Waals surface area contributed by atoms with Gasteiger partial charge in [-0.05, 0) is 36.6 Å². The van der Waals surface area contributed by atoms with Gasteiger partial charge in [-0.15, -0.1) is 0 Å². The fourth-order valence-corrected chi connectivity index (χ4v) is 3.48. The standard InChI is InChI=1S/C19H21N5O/c25-19(17-4-2-8-21-17)23-10-5-16(6-11-23)18-22-9-12-24(18)14-15-3-1-7-20-13-15/h1-4,7-9,12-13,16,21H,5-6,10-11,14H2. The van der Waals surface area contributed by atoms with Crippen molar-refractivity contribution in [3.05, 3.63) is 72.3 Å². The first kappa shape index (κ1) is 15.6. The van der Waals surface area contributed by atoms with E-state index in [0.29, 0.717) is 11.6 Å². The van der Waals surface area contributed by atoms with E-state index in [1.54, 1.807) is 12.4 Å². The minimum absolute atomic E-state index is 0.0853. The Balaban J connectivity index is 1.42. The quantitative estimate of drug-likeness (QED) is 0.797. The zero-order valence-corrected chi connectivity index (χ0v) is 14.0. The summed E-state index contributed by atoms with van der Waals surface area (Å²) in [6.07, 6.45) is 11.2. The van der Waals surface area contributed by atoms with Gasteiger partial charge in [0.25, 0.3) is 5.91 Å². The third kappa shape index (κ3) is 3.33. The van der Waals surface area contributed by atoms with Gasteiger partial charge in [-0.3, -0.25) is 9.78 Å². The van der Waals surface area contributed by atoms with Crippen molar-refractivity contribution in [1.29, 1.82) is 0 Å². The van der Waals surface area contributed by atoms with E-state index >= 15 is 0 Å². The lowest BCUT2D eigenvalue weighted by molar-refractivity contribution is 0.0705. The van der Waals surface area contributed by atoms with Gasteiger partial charge in [-0.25, -0.2) is 4.98 Å². The highest BCUT2D eigenvalue weighted by Gasteiger charge is 2.27. The summed E-state index contributed by atoms with van der Waals surface area (Å²) < 4.78 is 2.20. The number of carbonyl (C=O) groups is 1. The summed E-state index contributed by atoms with van der Waals surface area (Å²) in [5.41, 5.74) is 1.83. The Morgan fingerprint density at radius 1 is 1.20 bits per heavy atom. The maximum absolute atomic E-state index is 12.4. The fraction of sp³-hybridized carbons (Fsp3) is 0.316. The summed E-state index contributed by atoms with van der Waals surface area (Å²) in [4.78, 5) is 26.1. The van der Waals surface area contributed by atoms with Crippen molar-refractivity contribution in [2.75, 3.05) is 13.1 Å². The second-order valence-electron chi connectivity index (χ2n) is 6.42. The number of imidazole rings is 1. The van der Waals surface area contributed by atoms with E-state index in [1.807, 2.05) is 41.7 Å². The summed E-state index contributed by atoms with van der Waals surface area (Å²) in [5, 5.41) is 0. The van der Waals surface area contributed by atoms with E-state index < -0.39 is 0 Å². The number of nitrogens with zero attached hydrogens (tertiary/aromatic N) is 4. The maximum atomic E-state index is 12.4. The van der Waals surface area contributed by atoms with Gasteiger partial charge in [0.05, 0.1) is 6.54 Å². The Hall–Kier alpha value is -2.89. The van der Waals surface area contributed by atoms with Gasteiger partial charge < -0.3 is 14.5 Å². The Morgan fingerprint density at radius 2 is 2.08 bits per heavy atom. The van der Waals surface area contributed by atoms with Crippen LogP contribution in [0.4, 0.5) is 0 Å². The van der Waals surface area contributed by atoms with Crippen LogP contribution in [0.5, 0.6) is 0 Å². The molecular formula is C19H21N5O. The van der Waals surface area contributed by atoms with Crippen LogP contribution >= 0.6 is 0 Å². The zero-order valence-electron chi connectivity index (χ0n) is 14.0. The van der Waals surface area contributed by atoms with E-state index in [1.165, 1.54) is 5.56 Å². The van der Waals surface area contributed by atoms with E-state index in [0.717, 1.165) is 38.3 Å². The molecule has 0 aliphatic carbocycles. The maximum Gasteiger partial charge on any atom is 0.270 e. The molecule has 4 heterocycles. The zero-order chi connectivity index (χ0) is 17.1. The molecule has 0 bridgehead atoms. The van der Waals surface area contributed by atoms with Gasteiger partial charge in [0.1, 0.15) is 11.5 Å². The number of aromatic nitrogens is 4. The first-order valence-corrected chi connectivity index (χ1v) is 8.64. The molecule has 128 valence electrons. The number of carbonyl (C=O) groups excluding carboxylic acids is 1. The molecule has 1 fully saturated rings. The first-order valence-electron chi connectivity index (χ1n) is 8.64. The monoisotopic (exact) mass is 335 g/mol. The lowest BCUT2D eigenvalue weighted by Crippen LogP contribution is -2.38. The smallest absolute Gasteiger partial charge is 0.270 e. The van der Waals surface area contributed by atoms with Crippen molar-refractivity contribution in [2.24, 2.45) is 0 Å². The molecule has 0 radical (unpaired) electrons. The molecule has 4 rings (SSSR count). The minimum Gasteiger partial charge on any atom is -0.357 e. The Bertz CT molecular complexity index is 817. The predicted molar refractivity (Wildman–Crippen MR) is 94.2 cm³/mol. The van der Waals surface area contributed by atoms with Crippen LogP contribution in [0.15, 0.2) is 55.2 Å². The van der Waals surface area contributed by atoms with Gasteiger partial charge in [0.15, 0.2) is 0 Å². The van der Waals surface area contributed by atoms with Crippen LogP contribution < -0.4 is 0 Å². The molecule has 6 heteroatoms. The number of piperidine rings is 1. The molecule has 3 aromatic heterocycles.